The normalized spacial score (nSPS) is 30.2. The van der Waals surface area contributed by atoms with E-state index in [9.17, 15) is 19.8 Å². The van der Waals surface area contributed by atoms with Gasteiger partial charge in [-0.3, -0.25) is 4.79 Å². The van der Waals surface area contributed by atoms with Crippen molar-refractivity contribution in [1.82, 2.24) is 4.90 Å². The number of quaternary nitrogens is 3. The molecule has 2 saturated heterocycles. The van der Waals surface area contributed by atoms with Crippen molar-refractivity contribution in [2.24, 2.45) is 11.8 Å². The van der Waals surface area contributed by atoms with Crippen LogP contribution in [0.25, 0.3) is 10.8 Å². The number of fused-ring (bicyclic) bond motifs is 1. The third-order valence-corrected chi connectivity index (χ3v) is 11.5. The molecule has 0 aliphatic carbocycles. The van der Waals surface area contributed by atoms with Crippen LogP contribution in [0.5, 0.6) is 0 Å². The van der Waals surface area contributed by atoms with E-state index in [0.29, 0.717) is 18.7 Å². The number of unbranched alkanes of at least 4 members (excludes halogenated alkanes) is 2. The monoisotopic (exact) mass is 605 g/mol. The zero-order chi connectivity index (χ0) is 31.4. The number of amides is 1. The largest absolute Gasteiger partial charge is 0.543 e. The van der Waals surface area contributed by atoms with Gasteiger partial charge in [-0.15, -0.1) is 0 Å². The summed E-state index contributed by atoms with van der Waals surface area (Å²) in [6, 6.07) is 10.7. The van der Waals surface area contributed by atoms with Gasteiger partial charge in [0.15, 0.2) is 0 Å². The van der Waals surface area contributed by atoms with Crippen LogP contribution in [0, 0.1) is 11.8 Å². The highest BCUT2D eigenvalue weighted by molar-refractivity contribution is 6.02. The van der Waals surface area contributed by atoms with Gasteiger partial charge in [0.2, 0.25) is 5.91 Å². The van der Waals surface area contributed by atoms with Crippen molar-refractivity contribution < 1.29 is 34.5 Å². The number of carbonyl (C=O) groups excluding carboxylic acids is 2. The second-order valence-electron chi connectivity index (χ2n) is 14.6. The Labute approximate surface area is 261 Å². The molecule has 4 aliphatic rings. The number of nitrogens with zero attached hydrogens (tertiary/aromatic N) is 4. The maximum absolute atomic E-state index is 12.8. The lowest BCUT2D eigenvalue weighted by Crippen LogP contribution is -2.64. The lowest BCUT2D eigenvalue weighted by atomic mass is 9.77. The number of carboxylic acid groups (broad SMARTS) is 1. The molecule has 9 nitrogen and oxygen atoms in total. The summed E-state index contributed by atoms with van der Waals surface area (Å²) in [4.78, 5) is 28.7. The molecule has 4 heterocycles. The van der Waals surface area contributed by atoms with E-state index in [0.717, 1.165) is 29.7 Å². The number of hydrogen-bond donors (Lipinski definition) is 2. The molecule has 0 radical (unpaired) electrons. The van der Waals surface area contributed by atoms with Crippen LogP contribution in [0.1, 0.15) is 44.2 Å². The van der Waals surface area contributed by atoms with Gasteiger partial charge in [0.25, 0.3) is 0 Å². The van der Waals surface area contributed by atoms with E-state index in [1.807, 2.05) is 6.92 Å². The number of β-lactam (4-membered cyclic amide) rings is 1. The Kier molecular flexibility index (Phi) is 8.28. The lowest BCUT2D eigenvalue weighted by molar-refractivity contribution is -1.02. The predicted octanol–water partition coefficient (Wildman–Crippen LogP) is 0.883. The Morgan fingerprint density at radius 1 is 1.07 bits per heavy atom. The number of benzene rings is 2. The van der Waals surface area contributed by atoms with Gasteiger partial charge in [-0.1, -0.05) is 31.2 Å². The fourth-order valence-electron chi connectivity index (χ4n) is 8.49. The van der Waals surface area contributed by atoms with Crippen molar-refractivity contribution in [1.29, 1.82) is 0 Å². The van der Waals surface area contributed by atoms with E-state index in [1.54, 1.807) is 6.92 Å². The molecule has 238 valence electrons. The van der Waals surface area contributed by atoms with Crippen LogP contribution in [0.2, 0.25) is 0 Å². The molecule has 2 fully saturated rings. The molecule has 0 spiro atoms. The van der Waals surface area contributed by atoms with Crippen molar-refractivity contribution in [2.75, 3.05) is 71.4 Å². The molecule has 4 aliphatic heterocycles. The number of carbonyl (C=O) groups is 2. The lowest BCUT2D eigenvalue weighted by Gasteiger charge is -2.47. The van der Waals surface area contributed by atoms with Crippen molar-refractivity contribution in [2.45, 2.75) is 58.2 Å². The summed E-state index contributed by atoms with van der Waals surface area (Å²) in [6.07, 6.45) is 4.05. The molecule has 4 atom stereocenters. The third kappa shape index (κ3) is 5.31. The van der Waals surface area contributed by atoms with Crippen LogP contribution in [0.15, 0.2) is 41.6 Å². The Morgan fingerprint density at radius 3 is 2.43 bits per heavy atom. The Hall–Kier alpha value is -2.98. The number of likely N-dealkylation sites (N-methyl/N-ethyl adjacent to an activating group) is 2. The first-order chi connectivity index (χ1) is 21.0. The number of aliphatic carboxylic acids is 1. The summed E-state index contributed by atoms with van der Waals surface area (Å²) in [7, 11) is 4.86. The second-order valence-corrected chi connectivity index (χ2v) is 14.6. The van der Waals surface area contributed by atoms with Gasteiger partial charge in [-0.2, -0.15) is 0 Å². The highest BCUT2D eigenvalue weighted by Gasteiger charge is 2.58. The highest BCUT2D eigenvalue weighted by Crippen LogP contribution is 2.48. The number of carboxylic acids is 1. The fourth-order valence-corrected chi connectivity index (χ4v) is 8.49. The van der Waals surface area contributed by atoms with E-state index in [1.165, 1.54) is 83.3 Å². The van der Waals surface area contributed by atoms with E-state index in [-0.39, 0.29) is 23.6 Å². The summed E-state index contributed by atoms with van der Waals surface area (Å²) in [5.41, 5.74) is 8.45. The standard InChI is InChI=1S/C35H50N5O4/c1-23-28(33(35(43)44)38-32(23)30(24(2)41)34(38)42)22-37-21-26-12-11-25(27-9-8-10-29(37)31(26)27)13-16-40(4)19-17-39(3,18-20-40)15-7-5-6-14-36/h8-12,23-24,30,32,41H,5-7,13-22,36H2,1-4H3/q+1/p+1/t23-,24?,30?,32?,39?,40?/m0/s1. The molecule has 6 rings (SSSR count). The van der Waals surface area contributed by atoms with E-state index in [4.69, 9.17) is 0 Å². The van der Waals surface area contributed by atoms with Crippen LogP contribution >= 0.6 is 0 Å². The van der Waals surface area contributed by atoms with Gasteiger partial charge >= 0.3 is 0 Å². The maximum Gasteiger partial charge on any atom is 0.235 e. The first kappa shape index (κ1) is 31.0. The minimum Gasteiger partial charge on any atom is -0.543 e. The van der Waals surface area contributed by atoms with Crippen LogP contribution in [0.4, 0.5) is 5.69 Å². The molecule has 0 aromatic heterocycles. The topological polar surface area (TPSA) is 112 Å². The quantitative estimate of drug-likeness (QED) is 0.212. The number of hydrogen-bond acceptors (Lipinski definition) is 5. The van der Waals surface area contributed by atoms with Crippen molar-refractivity contribution >= 4 is 28.3 Å². The third-order valence-electron chi connectivity index (χ3n) is 11.5. The van der Waals surface area contributed by atoms with E-state index < -0.39 is 18.0 Å². The van der Waals surface area contributed by atoms with Gasteiger partial charge in [0.1, 0.15) is 26.2 Å². The van der Waals surface area contributed by atoms with E-state index >= 15 is 0 Å². The summed E-state index contributed by atoms with van der Waals surface area (Å²) in [5.74, 6) is -2.37. The SMILES string of the molecule is CC(O)C1C(=O)N2C(C(=O)[O-])=C(CN3Cc4ccc(CC[N+]5(C)CC[N+](C)(CCCCC[NH3+])CC5)c5cccc3c45)[C@H](C)C12. The number of aliphatic hydroxyl groups is 1. The number of rotatable bonds is 12. The summed E-state index contributed by atoms with van der Waals surface area (Å²) < 4.78 is 2.31. The minimum atomic E-state index is -1.31. The van der Waals surface area contributed by atoms with Gasteiger partial charge < -0.3 is 39.5 Å². The summed E-state index contributed by atoms with van der Waals surface area (Å²) in [5, 5.41) is 25.1. The molecule has 9 heteroatoms. The van der Waals surface area contributed by atoms with Crippen LogP contribution < -0.4 is 15.7 Å². The molecule has 44 heavy (non-hydrogen) atoms. The van der Waals surface area contributed by atoms with Gasteiger partial charge in [0.05, 0.1) is 63.5 Å². The average Bonchev–Trinajstić information content (AvgIpc) is 3.46. The van der Waals surface area contributed by atoms with Crippen LogP contribution in [-0.4, -0.2) is 109 Å². The maximum atomic E-state index is 12.8. The summed E-state index contributed by atoms with van der Waals surface area (Å²) in [6.45, 7) is 13.1. The van der Waals surface area contributed by atoms with Crippen LogP contribution in [0.3, 0.4) is 0 Å². The average molecular weight is 606 g/mol. The van der Waals surface area contributed by atoms with Crippen molar-refractivity contribution in [3.63, 3.8) is 0 Å². The first-order valence-electron chi connectivity index (χ1n) is 16.7. The summed E-state index contributed by atoms with van der Waals surface area (Å²) >= 11 is 0. The van der Waals surface area contributed by atoms with Gasteiger partial charge in [-0.25, -0.2) is 0 Å². The molecular formula is C35H51N5O4+2. The molecule has 3 unspecified atom stereocenters. The minimum absolute atomic E-state index is 0.000283. The van der Waals surface area contributed by atoms with Gasteiger partial charge in [-0.05, 0) is 54.3 Å². The Balaban J connectivity index is 1.17. The number of anilines is 1. The molecule has 1 amide bonds. The number of aliphatic hydroxyl groups excluding tert-OH is 1. The van der Waals surface area contributed by atoms with Crippen molar-refractivity contribution in [3.8, 4) is 0 Å². The predicted molar refractivity (Wildman–Crippen MR) is 169 cm³/mol. The zero-order valence-electron chi connectivity index (χ0n) is 27.1. The fraction of sp³-hybridized carbons (Fsp3) is 0.600. The van der Waals surface area contributed by atoms with Gasteiger partial charge in [0, 0.05) is 36.5 Å². The Bertz CT molecular complexity index is 1480. The van der Waals surface area contributed by atoms with Crippen LogP contribution in [-0.2, 0) is 22.6 Å². The van der Waals surface area contributed by atoms with E-state index in [2.05, 4.69) is 55.1 Å². The molecule has 2 aromatic rings. The smallest absolute Gasteiger partial charge is 0.235 e. The first-order valence-corrected chi connectivity index (χ1v) is 16.7. The second kappa shape index (κ2) is 11.7. The molecule has 0 saturated carbocycles. The number of piperazine rings is 1. The van der Waals surface area contributed by atoms with Crippen molar-refractivity contribution in [3.05, 3.63) is 52.7 Å². The molecule has 2 aromatic carbocycles. The highest BCUT2D eigenvalue weighted by atomic mass is 16.4. The Morgan fingerprint density at radius 2 is 1.77 bits per heavy atom. The molecule has 0 bridgehead atoms. The zero-order valence-corrected chi connectivity index (χ0v) is 27.1. The molecular weight excluding hydrogens is 554 g/mol. The molecule has 4 N–H and O–H groups in total.